The van der Waals surface area contributed by atoms with E-state index in [1.807, 2.05) is 19.6 Å². The van der Waals surface area contributed by atoms with E-state index in [1.54, 1.807) is 0 Å². The van der Waals surface area contributed by atoms with Gasteiger partial charge in [0, 0.05) is 45.0 Å². The van der Waals surface area contributed by atoms with Gasteiger partial charge in [-0.05, 0) is 29.9 Å². The van der Waals surface area contributed by atoms with Crippen LogP contribution in [0, 0.1) is 5.92 Å². The minimum absolute atomic E-state index is 0.458. The average Bonchev–Trinajstić information content (AvgIpc) is 3.14. The van der Waals surface area contributed by atoms with Crippen molar-refractivity contribution < 1.29 is 0 Å². The SMILES string of the molecule is CN=C(NCC1Cc2ccccc21)N1CCC(C)C(n2ccnc2)C1. The Morgan fingerprint density at radius 3 is 3.00 bits per heavy atom. The first kappa shape index (κ1) is 16.2. The summed E-state index contributed by atoms with van der Waals surface area (Å²) in [6, 6.07) is 9.22. The number of hydrogen-bond acceptors (Lipinski definition) is 2. The number of rotatable bonds is 3. The van der Waals surface area contributed by atoms with Crippen LogP contribution in [0.1, 0.15) is 36.4 Å². The molecule has 2 heterocycles. The summed E-state index contributed by atoms with van der Waals surface area (Å²) in [5.41, 5.74) is 2.99. The summed E-state index contributed by atoms with van der Waals surface area (Å²) < 4.78 is 2.24. The first-order valence-electron chi connectivity index (χ1n) is 9.27. The number of nitrogens with zero attached hydrogens (tertiary/aromatic N) is 4. The van der Waals surface area contributed by atoms with Crippen LogP contribution in [0.2, 0.25) is 0 Å². The molecule has 0 bridgehead atoms. The van der Waals surface area contributed by atoms with Gasteiger partial charge in [-0.3, -0.25) is 4.99 Å². The average molecular weight is 337 g/mol. The third-order valence-corrected chi connectivity index (χ3v) is 5.81. The van der Waals surface area contributed by atoms with Crippen LogP contribution in [-0.4, -0.2) is 47.1 Å². The van der Waals surface area contributed by atoms with Crippen molar-refractivity contribution in [3.63, 3.8) is 0 Å². The summed E-state index contributed by atoms with van der Waals surface area (Å²) in [6.45, 7) is 5.35. The Bertz CT molecular complexity index is 736. The molecule has 1 fully saturated rings. The lowest BCUT2D eigenvalue weighted by Crippen LogP contribution is -2.50. The van der Waals surface area contributed by atoms with Crippen molar-refractivity contribution in [2.24, 2.45) is 10.9 Å². The molecular weight excluding hydrogens is 310 g/mol. The second-order valence-corrected chi connectivity index (χ2v) is 7.32. The third kappa shape index (κ3) is 3.15. The minimum Gasteiger partial charge on any atom is -0.356 e. The first-order valence-corrected chi connectivity index (χ1v) is 9.27. The standard InChI is InChI=1S/C20H27N5/c1-15-7-9-24(13-19(15)25-10-8-22-14-25)20(21-2)23-12-17-11-16-5-3-4-6-18(16)17/h3-6,8,10,14-15,17,19H,7,9,11-13H2,1-2H3,(H,21,23). The zero-order valence-electron chi connectivity index (χ0n) is 15.1. The van der Waals surface area contributed by atoms with Crippen molar-refractivity contribution in [3.8, 4) is 0 Å². The smallest absolute Gasteiger partial charge is 0.193 e. The molecular formula is C20H27N5. The van der Waals surface area contributed by atoms with E-state index in [0.717, 1.165) is 25.6 Å². The number of piperidine rings is 1. The van der Waals surface area contributed by atoms with Crippen molar-refractivity contribution in [3.05, 3.63) is 54.1 Å². The molecule has 1 aliphatic heterocycles. The van der Waals surface area contributed by atoms with Crippen LogP contribution >= 0.6 is 0 Å². The molecule has 0 spiro atoms. The molecule has 1 aromatic carbocycles. The van der Waals surface area contributed by atoms with Gasteiger partial charge in [0.2, 0.25) is 0 Å². The molecule has 1 saturated heterocycles. The number of aromatic nitrogens is 2. The fourth-order valence-corrected chi connectivity index (χ4v) is 4.19. The van der Waals surface area contributed by atoms with Gasteiger partial charge in [-0.1, -0.05) is 31.2 Å². The van der Waals surface area contributed by atoms with Crippen LogP contribution in [0.5, 0.6) is 0 Å². The number of aliphatic imine (C=N–C) groups is 1. The van der Waals surface area contributed by atoms with Crippen LogP contribution < -0.4 is 5.32 Å². The van der Waals surface area contributed by atoms with Gasteiger partial charge >= 0.3 is 0 Å². The van der Waals surface area contributed by atoms with Gasteiger partial charge < -0.3 is 14.8 Å². The van der Waals surface area contributed by atoms with Gasteiger partial charge in [0.25, 0.3) is 0 Å². The molecule has 2 aromatic rings. The molecule has 132 valence electrons. The van der Waals surface area contributed by atoms with Crippen LogP contribution in [0.3, 0.4) is 0 Å². The Kier molecular flexibility index (Phi) is 4.47. The third-order valence-electron chi connectivity index (χ3n) is 5.81. The molecule has 5 nitrogen and oxygen atoms in total. The van der Waals surface area contributed by atoms with E-state index in [9.17, 15) is 0 Å². The van der Waals surface area contributed by atoms with Crippen LogP contribution in [0.4, 0.5) is 0 Å². The normalized spacial score (nSPS) is 26.1. The fourth-order valence-electron chi connectivity index (χ4n) is 4.19. The highest BCUT2D eigenvalue weighted by Gasteiger charge is 2.30. The maximum Gasteiger partial charge on any atom is 0.193 e. The largest absolute Gasteiger partial charge is 0.356 e. The van der Waals surface area contributed by atoms with Gasteiger partial charge in [0.1, 0.15) is 0 Å². The Balaban J connectivity index is 1.38. The highest BCUT2D eigenvalue weighted by molar-refractivity contribution is 5.80. The lowest BCUT2D eigenvalue weighted by Gasteiger charge is -2.40. The molecule has 5 heteroatoms. The Morgan fingerprint density at radius 1 is 1.36 bits per heavy atom. The molecule has 1 aliphatic carbocycles. The monoisotopic (exact) mass is 337 g/mol. The molecule has 25 heavy (non-hydrogen) atoms. The number of guanidine groups is 1. The Labute approximate surface area is 149 Å². The maximum atomic E-state index is 4.55. The zero-order valence-corrected chi connectivity index (χ0v) is 15.1. The van der Waals surface area contributed by atoms with Crippen molar-refractivity contribution in [1.82, 2.24) is 19.8 Å². The summed E-state index contributed by atoms with van der Waals surface area (Å²) in [4.78, 5) is 11.2. The predicted molar refractivity (Wildman–Crippen MR) is 101 cm³/mol. The summed E-state index contributed by atoms with van der Waals surface area (Å²) in [5.74, 6) is 2.30. The first-order chi connectivity index (χ1) is 12.3. The Hall–Kier alpha value is -2.30. The number of likely N-dealkylation sites (tertiary alicyclic amines) is 1. The fraction of sp³-hybridized carbons (Fsp3) is 0.500. The number of nitrogens with one attached hydrogen (secondary N) is 1. The molecule has 4 rings (SSSR count). The molecule has 1 aromatic heterocycles. The van der Waals surface area contributed by atoms with E-state index in [1.165, 1.54) is 24.0 Å². The summed E-state index contributed by atoms with van der Waals surface area (Å²) in [5, 5.41) is 3.61. The number of imidazole rings is 1. The number of hydrogen-bond donors (Lipinski definition) is 1. The number of fused-ring (bicyclic) bond motifs is 1. The van der Waals surface area contributed by atoms with E-state index in [0.29, 0.717) is 17.9 Å². The summed E-state index contributed by atoms with van der Waals surface area (Å²) >= 11 is 0. The molecule has 1 N–H and O–H groups in total. The van der Waals surface area contributed by atoms with Crippen molar-refractivity contribution in [1.29, 1.82) is 0 Å². The molecule has 0 radical (unpaired) electrons. The van der Waals surface area contributed by atoms with E-state index in [4.69, 9.17) is 0 Å². The second-order valence-electron chi connectivity index (χ2n) is 7.32. The summed E-state index contributed by atoms with van der Waals surface area (Å²) in [6.07, 6.45) is 8.23. The van der Waals surface area contributed by atoms with Crippen molar-refractivity contribution >= 4 is 5.96 Å². The molecule has 3 unspecified atom stereocenters. The molecule has 3 atom stereocenters. The maximum absolute atomic E-state index is 4.55. The van der Waals surface area contributed by atoms with Crippen molar-refractivity contribution in [2.45, 2.75) is 31.7 Å². The van der Waals surface area contributed by atoms with Gasteiger partial charge in [-0.2, -0.15) is 0 Å². The van der Waals surface area contributed by atoms with E-state index >= 15 is 0 Å². The van der Waals surface area contributed by atoms with E-state index in [2.05, 4.69) is 62.1 Å². The quantitative estimate of drug-likeness (QED) is 0.692. The van der Waals surface area contributed by atoms with Gasteiger partial charge in [-0.25, -0.2) is 4.98 Å². The predicted octanol–water partition coefficient (Wildman–Crippen LogP) is 2.68. The zero-order chi connectivity index (χ0) is 17.2. The minimum atomic E-state index is 0.458. The molecule has 2 aliphatic rings. The van der Waals surface area contributed by atoms with Crippen LogP contribution in [-0.2, 0) is 6.42 Å². The van der Waals surface area contributed by atoms with Gasteiger partial charge in [-0.15, -0.1) is 0 Å². The summed E-state index contributed by atoms with van der Waals surface area (Å²) in [7, 11) is 1.89. The lowest BCUT2D eigenvalue weighted by atomic mass is 9.78. The number of benzene rings is 1. The topological polar surface area (TPSA) is 45.5 Å². The van der Waals surface area contributed by atoms with E-state index < -0.39 is 0 Å². The van der Waals surface area contributed by atoms with Gasteiger partial charge in [0.15, 0.2) is 5.96 Å². The lowest BCUT2D eigenvalue weighted by molar-refractivity contribution is 0.189. The van der Waals surface area contributed by atoms with Crippen LogP contribution in [0.15, 0.2) is 48.0 Å². The van der Waals surface area contributed by atoms with Crippen LogP contribution in [0.25, 0.3) is 0 Å². The molecule has 0 saturated carbocycles. The molecule has 0 amide bonds. The highest BCUT2D eigenvalue weighted by Crippen LogP contribution is 2.34. The second kappa shape index (κ2) is 6.90. The highest BCUT2D eigenvalue weighted by atomic mass is 15.3. The van der Waals surface area contributed by atoms with Crippen molar-refractivity contribution in [2.75, 3.05) is 26.7 Å². The Morgan fingerprint density at radius 2 is 2.24 bits per heavy atom. The van der Waals surface area contributed by atoms with E-state index in [-0.39, 0.29) is 0 Å². The van der Waals surface area contributed by atoms with Gasteiger partial charge in [0.05, 0.1) is 12.4 Å².